The van der Waals surface area contributed by atoms with Crippen LogP contribution in [0.2, 0.25) is 0 Å². The molecule has 1 saturated heterocycles. The largest absolute Gasteiger partial charge is 0.478 e. The van der Waals surface area contributed by atoms with E-state index in [2.05, 4.69) is 25.5 Å². The first-order chi connectivity index (χ1) is 19.4. The zero-order valence-corrected chi connectivity index (χ0v) is 22.9. The number of benzene rings is 1. The van der Waals surface area contributed by atoms with E-state index in [1.807, 2.05) is 12.3 Å². The van der Waals surface area contributed by atoms with E-state index in [0.717, 1.165) is 66.9 Å². The highest BCUT2D eigenvalue weighted by Gasteiger charge is 2.38. The van der Waals surface area contributed by atoms with E-state index in [0.29, 0.717) is 17.9 Å². The van der Waals surface area contributed by atoms with Crippen LogP contribution in [0.4, 0.5) is 0 Å². The third-order valence-corrected chi connectivity index (χ3v) is 10.5. The van der Waals surface area contributed by atoms with Gasteiger partial charge in [-0.25, -0.2) is 23.2 Å². The zero-order chi connectivity index (χ0) is 27.7. The molecule has 40 heavy (non-hydrogen) atoms. The third kappa shape index (κ3) is 5.40. The van der Waals surface area contributed by atoms with Gasteiger partial charge in [-0.1, -0.05) is 0 Å². The number of aromatic amines is 1. The van der Waals surface area contributed by atoms with Gasteiger partial charge in [-0.2, -0.15) is 5.10 Å². The molecule has 4 heterocycles. The maximum Gasteiger partial charge on any atom is 0.335 e. The number of hydrogen-bond donors (Lipinski definition) is 3. The molecule has 0 radical (unpaired) electrons. The van der Waals surface area contributed by atoms with Gasteiger partial charge in [0.2, 0.25) is 5.44 Å². The van der Waals surface area contributed by atoms with Crippen molar-refractivity contribution in [2.75, 3.05) is 18.8 Å². The number of H-pyrrole nitrogens is 1. The Bertz CT molecular complexity index is 1610. The first-order valence-corrected chi connectivity index (χ1v) is 15.6. The molecule has 1 aliphatic carbocycles. The van der Waals surface area contributed by atoms with E-state index >= 15 is 0 Å². The van der Waals surface area contributed by atoms with Gasteiger partial charge in [0.05, 0.1) is 29.2 Å². The van der Waals surface area contributed by atoms with E-state index in [1.54, 1.807) is 12.4 Å². The second-order valence-electron chi connectivity index (χ2n) is 11.0. The smallest absolute Gasteiger partial charge is 0.335 e. The second kappa shape index (κ2) is 11.1. The molecule has 210 valence electrons. The molecule has 0 spiro atoms. The van der Waals surface area contributed by atoms with Gasteiger partial charge >= 0.3 is 5.97 Å². The number of nitrogens with zero attached hydrogens (tertiary/aromatic N) is 3. The predicted octanol–water partition coefficient (Wildman–Crippen LogP) is 4.30. The lowest BCUT2D eigenvalue weighted by atomic mass is 9.79. The summed E-state index contributed by atoms with van der Waals surface area (Å²) in [5, 5.41) is 22.0. The molecular formula is C29H33N5O5S. The first kappa shape index (κ1) is 26.6. The SMILES string of the molecule is O=C(O)c1ccc(OC(C2CCCNC2)S(=O)(=O)CC2CCC(c3cn[nH]c4cnc5nccc5c34)CC2)cc1. The van der Waals surface area contributed by atoms with E-state index in [4.69, 9.17) is 4.74 Å². The molecular weight excluding hydrogens is 530 g/mol. The van der Waals surface area contributed by atoms with Crippen molar-refractivity contribution in [2.24, 2.45) is 11.8 Å². The van der Waals surface area contributed by atoms with E-state index in [1.165, 1.54) is 24.3 Å². The van der Waals surface area contributed by atoms with Crippen molar-refractivity contribution in [1.82, 2.24) is 25.5 Å². The standard InChI is InChI=1S/C29H33N5O5S/c35-28(36)20-7-9-22(10-8-20)39-29(21-2-1-12-30-14-21)40(37,38)17-18-3-5-19(6-4-18)24-15-33-34-25-16-32-27-23(26(24)25)11-13-31-27/h7-11,13,15-16,18-19,21,29-30,34H,1-6,12,14,17H2,(H,35,36). The number of aromatic carboxylic acids is 1. The van der Waals surface area contributed by atoms with Crippen molar-refractivity contribution in [1.29, 1.82) is 0 Å². The Morgan fingerprint density at radius 1 is 1.05 bits per heavy atom. The van der Waals surface area contributed by atoms with E-state index in [9.17, 15) is 18.3 Å². The number of aromatic nitrogens is 4. The van der Waals surface area contributed by atoms with Crippen molar-refractivity contribution in [3.63, 3.8) is 0 Å². The van der Waals surface area contributed by atoms with Gasteiger partial charge in [0.15, 0.2) is 15.5 Å². The molecule has 1 aliphatic heterocycles. The summed E-state index contributed by atoms with van der Waals surface area (Å²) < 4.78 is 33.8. The highest BCUT2D eigenvalue weighted by molar-refractivity contribution is 7.91. The van der Waals surface area contributed by atoms with Gasteiger partial charge in [-0.3, -0.25) is 5.10 Å². The van der Waals surface area contributed by atoms with Crippen LogP contribution in [-0.2, 0) is 9.84 Å². The summed E-state index contributed by atoms with van der Waals surface area (Å²) in [6, 6.07) is 7.94. The Kier molecular flexibility index (Phi) is 7.41. The quantitative estimate of drug-likeness (QED) is 0.285. The Morgan fingerprint density at radius 2 is 1.85 bits per heavy atom. The number of pyridine rings is 1. The molecule has 1 aromatic carbocycles. The number of hydrogen-bond acceptors (Lipinski definition) is 8. The van der Waals surface area contributed by atoms with Crippen LogP contribution >= 0.6 is 0 Å². The number of carboxylic acid groups (broad SMARTS) is 1. The summed E-state index contributed by atoms with van der Waals surface area (Å²) >= 11 is 0. The molecule has 11 heteroatoms. The van der Waals surface area contributed by atoms with Crippen LogP contribution in [0.5, 0.6) is 5.75 Å². The molecule has 2 fully saturated rings. The summed E-state index contributed by atoms with van der Waals surface area (Å²) in [7, 11) is -3.60. The van der Waals surface area contributed by atoms with Crippen LogP contribution in [0.25, 0.3) is 21.9 Å². The second-order valence-corrected chi connectivity index (χ2v) is 13.1. The number of carboxylic acids is 1. The fourth-order valence-electron chi connectivity index (χ4n) is 6.35. The predicted molar refractivity (Wildman–Crippen MR) is 151 cm³/mol. The summed E-state index contributed by atoms with van der Waals surface area (Å²) in [5.74, 6) is -0.414. The Balaban J connectivity index is 1.18. The molecule has 2 aliphatic rings. The maximum absolute atomic E-state index is 13.8. The lowest BCUT2D eigenvalue weighted by Crippen LogP contribution is -2.45. The minimum atomic E-state index is -3.60. The van der Waals surface area contributed by atoms with Crippen LogP contribution in [0.1, 0.15) is 60.4 Å². The summed E-state index contributed by atoms with van der Waals surface area (Å²) in [6.45, 7) is 1.44. The van der Waals surface area contributed by atoms with Gasteiger partial charge in [-0.05, 0) is 92.8 Å². The summed E-state index contributed by atoms with van der Waals surface area (Å²) in [5.41, 5.74) is 1.91. The molecule has 10 nitrogen and oxygen atoms in total. The molecule has 6 rings (SSSR count). The minimum Gasteiger partial charge on any atom is -0.478 e. The summed E-state index contributed by atoms with van der Waals surface area (Å²) in [6.07, 6.45) is 10.5. The van der Waals surface area contributed by atoms with Crippen LogP contribution in [-0.4, -0.2) is 63.9 Å². The number of ether oxygens (including phenoxy) is 1. The molecule has 4 aromatic rings. The van der Waals surface area contributed by atoms with Crippen molar-refractivity contribution in [2.45, 2.75) is 49.9 Å². The van der Waals surface area contributed by atoms with Gasteiger partial charge in [-0.15, -0.1) is 0 Å². The number of nitrogens with one attached hydrogen (secondary N) is 2. The topological polar surface area (TPSA) is 147 Å². The zero-order valence-electron chi connectivity index (χ0n) is 22.1. The number of piperidine rings is 1. The average Bonchev–Trinajstić information content (AvgIpc) is 3.46. The van der Waals surface area contributed by atoms with Crippen LogP contribution in [0.3, 0.4) is 0 Å². The monoisotopic (exact) mass is 563 g/mol. The highest BCUT2D eigenvalue weighted by Crippen LogP contribution is 2.40. The van der Waals surface area contributed by atoms with Crippen LogP contribution in [0, 0.1) is 11.8 Å². The number of sulfone groups is 1. The molecule has 0 bridgehead atoms. The van der Waals surface area contributed by atoms with Crippen molar-refractivity contribution < 1.29 is 23.1 Å². The Labute approximate surface area is 232 Å². The molecule has 3 N–H and O–H groups in total. The Hall–Kier alpha value is -3.57. The molecule has 3 aromatic heterocycles. The van der Waals surface area contributed by atoms with Gasteiger partial charge < -0.3 is 15.2 Å². The number of rotatable bonds is 8. The van der Waals surface area contributed by atoms with Gasteiger partial charge in [0, 0.05) is 29.4 Å². The van der Waals surface area contributed by atoms with Gasteiger partial charge in [0.25, 0.3) is 0 Å². The Morgan fingerprint density at radius 3 is 2.58 bits per heavy atom. The van der Waals surface area contributed by atoms with E-state index in [-0.39, 0.29) is 29.1 Å². The maximum atomic E-state index is 13.8. The third-order valence-electron chi connectivity index (χ3n) is 8.39. The van der Waals surface area contributed by atoms with Crippen molar-refractivity contribution in [3.8, 4) is 5.75 Å². The normalized spacial score (nSPS) is 22.8. The highest BCUT2D eigenvalue weighted by atomic mass is 32.2. The first-order valence-electron chi connectivity index (χ1n) is 13.9. The molecule has 2 atom stereocenters. The fraction of sp³-hybridized carbons (Fsp3) is 0.448. The summed E-state index contributed by atoms with van der Waals surface area (Å²) in [4.78, 5) is 20.0. The van der Waals surface area contributed by atoms with E-state index < -0.39 is 21.2 Å². The van der Waals surface area contributed by atoms with Crippen molar-refractivity contribution in [3.05, 3.63) is 60.0 Å². The fourth-order valence-corrected chi connectivity index (χ4v) is 8.61. The van der Waals surface area contributed by atoms with Gasteiger partial charge in [0.1, 0.15) is 5.75 Å². The number of fused-ring (bicyclic) bond motifs is 3. The average molecular weight is 564 g/mol. The lowest BCUT2D eigenvalue weighted by molar-refractivity contribution is 0.0696. The lowest BCUT2D eigenvalue weighted by Gasteiger charge is -2.33. The number of carbonyl (C=O) groups is 1. The molecule has 2 unspecified atom stereocenters. The van der Waals surface area contributed by atoms with Crippen LogP contribution < -0.4 is 10.1 Å². The van der Waals surface area contributed by atoms with Crippen LogP contribution in [0.15, 0.2) is 48.9 Å². The molecule has 0 amide bonds. The molecule has 1 saturated carbocycles. The van der Waals surface area contributed by atoms with Crippen molar-refractivity contribution >= 4 is 37.7 Å². The minimum absolute atomic E-state index is 0.0510.